The number of nitrogens with two attached hydrogens (primary N) is 2. The summed E-state index contributed by atoms with van der Waals surface area (Å²) in [6, 6.07) is 0. The van der Waals surface area contributed by atoms with E-state index in [0.717, 1.165) is 13.0 Å². The number of aromatic nitrogens is 3. The Morgan fingerprint density at radius 1 is 1.64 bits per heavy atom. The number of H-pyrrole nitrogens is 1. The molecule has 1 aromatic heterocycles. The summed E-state index contributed by atoms with van der Waals surface area (Å²) in [5, 5.41) is 7.73. The van der Waals surface area contributed by atoms with Gasteiger partial charge in [-0.25, -0.2) is 10.9 Å². The van der Waals surface area contributed by atoms with Gasteiger partial charge < -0.3 is 5.73 Å². The molecule has 6 heteroatoms. The molecule has 0 spiro atoms. The number of hydrogen-bond donors (Lipinski definition) is 3. The van der Waals surface area contributed by atoms with E-state index in [1.807, 2.05) is 6.92 Å². The van der Waals surface area contributed by atoms with E-state index in [1.54, 1.807) is 0 Å². The first kappa shape index (κ1) is 7.80. The van der Waals surface area contributed by atoms with Crippen molar-refractivity contribution in [2.24, 2.45) is 5.84 Å². The van der Waals surface area contributed by atoms with Crippen LogP contribution in [0.15, 0.2) is 0 Å². The van der Waals surface area contributed by atoms with Gasteiger partial charge in [0.25, 0.3) is 5.95 Å². The van der Waals surface area contributed by atoms with E-state index in [9.17, 15) is 0 Å². The lowest BCUT2D eigenvalue weighted by Crippen LogP contribution is -2.32. The summed E-state index contributed by atoms with van der Waals surface area (Å²) in [6.45, 7) is 2.74. The van der Waals surface area contributed by atoms with Gasteiger partial charge in [0.2, 0.25) is 5.95 Å². The number of hydrogen-bond acceptors (Lipinski definition) is 5. The van der Waals surface area contributed by atoms with Crippen LogP contribution in [0.3, 0.4) is 0 Å². The van der Waals surface area contributed by atoms with Crippen molar-refractivity contribution >= 4 is 11.9 Å². The van der Waals surface area contributed by atoms with Gasteiger partial charge in [0.1, 0.15) is 0 Å². The van der Waals surface area contributed by atoms with Crippen molar-refractivity contribution in [3.8, 4) is 0 Å². The van der Waals surface area contributed by atoms with Crippen LogP contribution in [0.25, 0.3) is 0 Å². The highest BCUT2D eigenvalue weighted by molar-refractivity contribution is 5.31. The minimum atomic E-state index is 0.284. The molecule has 11 heavy (non-hydrogen) atoms. The van der Waals surface area contributed by atoms with Crippen molar-refractivity contribution in [2.45, 2.75) is 13.3 Å². The minimum Gasteiger partial charge on any atom is -0.368 e. The highest BCUT2D eigenvalue weighted by Gasteiger charge is 2.04. The molecular weight excluding hydrogens is 144 g/mol. The molecule has 0 aliphatic heterocycles. The second-order valence-corrected chi connectivity index (χ2v) is 2.21. The highest BCUT2D eigenvalue weighted by Crippen LogP contribution is 2.02. The summed E-state index contributed by atoms with van der Waals surface area (Å²) in [4.78, 5) is 3.84. The molecule has 6 nitrogen and oxygen atoms in total. The third kappa shape index (κ3) is 1.81. The van der Waals surface area contributed by atoms with E-state index in [1.165, 1.54) is 5.01 Å². The summed E-state index contributed by atoms with van der Waals surface area (Å²) in [5.41, 5.74) is 5.30. The predicted octanol–water partition coefficient (Wildman–Crippen LogP) is -0.523. The molecule has 0 aliphatic carbocycles. The molecule has 0 saturated carbocycles. The minimum absolute atomic E-state index is 0.284. The van der Waals surface area contributed by atoms with Gasteiger partial charge in [-0.3, -0.25) is 5.01 Å². The fourth-order valence-electron chi connectivity index (χ4n) is 0.734. The number of nitrogens with zero attached hydrogens (tertiary/aromatic N) is 3. The average Bonchev–Trinajstić information content (AvgIpc) is 2.36. The smallest absolute Gasteiger partial charge is 0.260 e. The molecule has 1 aromatic rings. The molecule has 0 unspecified atom stereocenters. The maximum absolute atomic E-state index is 5.55. The first-order valence-electron chi connectivity index (χ1n) is 3.44. The molecule has 0 aliphatic rings. The number of rotatable bonds is 3. The van der Waals surface area contributed by atoms with Crippen molar-refractivity contribution in [1.29, 1.82) is 0 Å². The Balaban J connectivity index is 2.60. The summed E-state index contributed by atoms with van der Waals surface area (Å²) < 4.78 is 0. The molecule has 0 aromatic carbocycles. The van der Waals surface area contributed by atoms with Crippen molar-refractivity contribution in [3.05, 3.63) is 0 Å². The van der Waals surface area contributed by atoms with E-state index in [4.69, 9.17) is 11.6 Å². The first-order valence-corrected chi connectivity index (χ1v) is 3.44. The van der Waals surface area contributed by atoms with E-state index in [-0.39, 0.29) is 5.95 Å². The fraction of sp³-hybridized carbons (Fsp3) is 0.600. The van der Waals surface area contributed by atoms with E-state index >= 15 is 0 Å². The number of anilines is 2. The Kier molecular flexibility index (Phi) is 2.27. The molecule has 0 bridgehead atoms. The van der Waals surface area contributed by atoms with Gasteiger partial charge in [0, 0.05) is 6.54 Å². The molecule has 0 saturated heterocycles. The van der Waals surface area contributed by atoms with Crippen LogP contribution in [0.1, 0.15) is 13.3 Å². The third-order valence-corrected chi connectivity index (χ3v) is 1.21. The molecule has 5 N–H and O–H groups in total. The zero-order valence-electron chi connectivity index (χ0n) is 6.41. The number of nitrogen functional groups attached to an aromatic ring is 1. The SMILES string of the molecule is CCCN(N)c1n[nH]c(N)n1. The van der Waals surface area contributed by atoms with E-state index < -0.39 is 0 Å². The molecule has 0 amide bonds. The fourth-order valence-corrected chi connectivity index (χ4v) is 0.734. The van der Waals surface area contributed by atoms with Gasteiger partial charge in [-0.15, -0.1) is 5.10 Å². The Morgan fingerprint density at radius 2 is 2.36 bits per heavy atom. The van der Waals surface area contributed by atoms with Crippen LogP contribution in [-0.4, -0.2) is 21.7 Å². The van der Waals surface area contributed by atoms with Crippen LogP contribution in [0, 0.1) is 0 Å². The highest BCUT2D eigenvalue weighted by atomic mass is 15.5. The third-order valence-electron chi connectivity index (χ3n) is 1.21. The van der Waals surface area contributed by atoms with Gasteiger partial charge in [-0.05, 0) is 6.42 Å². The van der Waals surface area contributed by atoms with Crippen molar-refractivity contribution in [1.82, 2.24) is 15.2 Å². The quantitative estimate of drug-likeness (QED) is 0.404. The summed E-state index contributed by atoms with van der Waals surface area (Å²) in [6.07, 6.45) is 0.949. The lowest BCUT2D eigenvalue weighted by atomic mass is 10.5. The topological polar surface area (TPSA) is 96.8 Å². The Hall–Kier alpha value is -1.30. The van der Waals surface area contributed by atoms with Crippen LogP contribution >= 0.6 is 0 Å². The van der Waals surface area contributed by atoms with E-state index in [0.29, 0.717) is 5.95 Å². The lowest BCUT2D eigenvalue weighted by Gasteiger charge is -2.11. The number of hydrazine groups is 1. The maximum Gasteiger partial charge on any atom is 0.260 e. The first-order chi connectivity index (χ1) is 5.24. The summed E-state index contributed by atoms with van der Waals surface area (Å²) in [5.74, 6) is 6.27. The molecule has 0 fully saturated rings. The van der Waals surface area contributed by atoms with Gasteiger partial charge in [0.05, 0.1) is 0 Å². The molecule has 1 heterocycles. The van der Waals surface area contributed by atoms with Gasteiger partial charge >= 0.3 is 0 Å². The molecule has 1 rings (SSSR count). The second-order valence-electron chi connectivity index (χ2n) is 2.21. The van der Waals surface area contributed by atoms with Crippen LogP contribution in [0.2, 0.25) is 0 Å². The Bertz CT molecular complexity index is 219. The van der Waals surface area contributed by atoms with Crippen molar-refractivity contribution in [3.63, 3.8) is 0 Å². The predicted molar refractivity (Wildman–Crippen MR) is 42.6 cm³/mol. The summed E-state index contributed by atoms with van der Waals surface area (Å²) >= 11 is 0. The molecular formula is C5H12N6. The van der Waals surface area contributed by atoms with Crippen molar-refractivity contribution in [2.75, 3.05) is 17.3 Å². The normalized spacial score (nSPS) is 10.0. The Morgan fingerprint density at radius 3 is 2.82 bits per heavy atom. The maximum atomic E-state index is 5.55. The largest absolute Gasteiger partial charge is 0.368 e. The zero-order valence-corrected chi connectivity index (χ0v) is 6.41. The zero-order chi connectivity index (χ0) is 8.27. The molecule has 0 radical (unpaired) electrons. The average molecular weight is 156 g/mol. The van der Waals surface area contributed by atoms with Gasteiger partial charge in [-0.1, -0.05) is 6.92 Å². The number of nitrogens with one attached hydrogen (secondary N) is 1. The van der Waals surface area contributed by atoms with Crippen LogP contribution in [0.5, 0.6) is 0 Å². The van der Waals surface area contributed by atoms with Crippen LogP contribution in [-0.2, 0) is 0 Å². The van der Waals surface area contributed by atoms with Gasteiger partial charge in [-0.2, -0.15) is 4.98 Å². The monoisotopic (exact) mass is 156 g/mol. The van der Waals surface area contributed by atoms with Crippen molar-refractivity contribution < 1.29 is 0 Å². The van der Waals surface area contributed by atoms with Gasteiger partial charge in [0.15, 0.2) is 0 Å². The lowest BCUT2D eigenvalue weighted by molar-refractivity contribution is 0.776. The molecule has 62 valence electrons. The van der Waals surface area contributed by atoms with Crippen LogP contribution < -0.4 is 16.6 Å². The van der Waals surface area contributed by atoms with Crippen LogP contribution in [0.4, 0.5) is 11.9 Å². The molecule has 0 atom stereocenters. The summed E-state index contributed by atoms with van der Waals surface area (Å²) in [7, 11) is 0. The van der Waals surface area contributed by atoms with E-state index in [2.05, 4.69) is 15.2 Å². The number of aromatic amines is 1. The Labute approximate surface area is 64.6 Å². The standard InChI is InChI=1S/C5H12N6/c1-2-3-11(7)5-8-4(6)9-10-5/h2-3,7H2,1H3,(H3,6,8,9,10). The second kappa shape index (κ2) is 3.20.